The summed E-state index contributed by atoms with van der Waals surface area (Å²) >= 11 is 0. The van der Waals surface area contributed by atoms with Crippen LogP contribution in [0.25, 0.3) is 0 Å². The second-order valence-electron chi connectivity index (χ2n) is 4.07. The fourth-order valence-corrected chi connectivity index (χ4v) is 1.91. The van der Waals surface area contributed by atoms with Crippen LogP contribution in [-0.2, 0) is 14.6 Å². The first-order valence-electron chi connectivity index (χ1n) is 4.97. The number of rotatable bonds is 3. The number of phenols is 1. The maximum Gasteiger partial charge on any atom is 0.239 e. The molecule has 1 aromatic rings. The zero-order chi connectivity index (χ0) is 13.2. The van der Waals surface area contributed by atoms with Crippen molar-refractivity contribution in [2.45, 2.75) is 13.8 Å². The normalized spacial score (nSPS) is 11.2. The van der Waals surface area contributed by atoms with E-state index < -0.39 is 21.5 Å². The number of aryl methyl sites for hydroxylation is 2. The molecule has 0 unspecified atom stereocenters. The second kappa shape index (κ2) is 4.75. The van der Waals surface area contributed by atoms with E-state index in [1.165, 1.54) is 6.07 Å². The molecule has 1 amide bonds. The first-order chi connectivity index (χ1) is 7.69. The molecule has 0 heterocycles. The third kappa shape index (κ3) is 4.07. The third-order valence-electron chi connectivity index (χ3n) is 2.21. The van der Waals surface area contributed by atoms with E-state index in [9.17, 15) is 18.3 Å². The molecule has 1 rings (SSSR count). The van der Waals surface area contributed by atoms with Crippen molar-refractivity contribution in [3.8, 4) is 5.75 Å². The van der Waals surface area contributed by atoms with Crippen LogP contribution in [0.4, 0.5) is 5.69 Å². The molecular formula is C11H15NO4S. The van der Waals surface area contributed by atoms with E-state index in [-0.39, 0.29) is 5.75 Å². The van der Waals surface area contributed by atoms with Crippen LogP contribution in [0.5, 0.6) is 5.75 Å². The van der Waals surface area contributed by atoms with Crippen LogP contribution in [-0.4, -0.2) is 31.4 Å². The number of carbonyl (C=O) groups excluding carboxylic acids is 1. The van der Waals surface area contributed by atoms with Gasteiger partial charge in [0.1, 0.15) is 11.5 Å². The number of anilines is 1. The number of phenolic OH excluding ortho intramolecular Hbond substituents is 1. The van der Waals surface area contributed by atoms with Gasteiger partial charge in [0.2, 0.25) is 5.91 Å². The third-order valence-corrected chi connectivity index (χ3v) is 3.00. The summed E-state index contributed by atoms with van der Waals surface area (Å²) in [6.07, 6.45) is 1.00. The summed E-state index contributed by atoms with van der Waals surface area (Å²) in [5.74, 6) is -0.990. The Morgan fingerprint density at radius 1 is 1.29 bits per heavy atom. The summed E-state index contributed by atoms with van der Waals surface area (Å²) in [7, 11) is -3.34. The fraction of sp³-hybridized carbons (Fsp3) is 0.364. The van der Waals surface area contributed by atoms with Gasteiger partial charge in [-0.15, -0.1) is 0 Å². The van der Waals surface area contributed by atoms with Gasteiger partial charge in [0, 0.05) is 11.9 Å². The molecule has 0 spiro atoms. The summed E-state index contributed by atoms with van der Waals surface area (Å²) in [5, 5.41) is 11.9. The fourth-order valence-electron chi connectivity index (χ4n) is 1.36. The molecule has 0 saturated carbocycles. The summed E-state index contributed by atoms with van der Waals surface area (Å²) in [6, 6.07) is 3.12. The van der Waals surface area contributed by atoms with E-state index in [4.69, 9.17) is 0 Å². The quantitative estimate of drug-likeness (QED) is 0.791. The zero-order valence-corrected chi connectivity index (χ0v) is 10.8. The molecule has 5 nitrogen and oxygen atoms in total. The van der Waals surface area contributed by atoms with Crippen LogP contribution in [0.2, 0.25) is 0 Å². The average molecular weight is 257 g/mol. The van der Waals surface area contributed by atoms with E-state index in [1.54, 1.807) is 19.9 Å². The van der Waals surface area contributed by atoms with Crippen molar-refractivity contribution in [2.24, 2.45) is 0 Å². The summed E-state index contributed by atoms with van der Waals surface area (Å²) in [5.41, 5.74) is 1.80. The minimum absolute atomic E-state index is 0.142. The predicted molar refractivity (Wildman–Crippen MR) is 65.9 cm³/mol. The van der Waals surface area contributed by atoms with Gasteiger partial charge in [0.05, 0.1) is 0 Å². The molecule has 0 aliphatic heterocycles. The lowest BCUT2D eigenvalue weighted by molar-refractivity contribution is -0.113. The standard InChI is InChI=1S/C11H15NO4S/c1-7-5-10(13)8(2)4-9(7)12-11(14)6-17(3,15)16/h4-5,13H,6H2,1-3H3,(H,12,14). The molecule has 0 fully saturated rings. The Balaban J connectivity index is 2.89. The van der Waals surface area contributed by atoms with Crippen LogP contribution in [0.1, 0.15) is 11.1 Å². The number of hydrogen-bond donors (Lipinski definition) is 2. The van der Waals surface area contributed by atoms with Crippen LogP contribution in [0.15, 0.2) is 12.1 Å². The minimum Gasteiger partial charge on any atom is -0.508 e. The van der Waals surface area contributed by atoms with Gasteiger partial charge in [-0.3, -0.25) is 4.79 Å². The molecule has 0 radical (unpaired) electrons. The monoisotopic (exact) mass is 257 g/mol. The van der Waals surface area contributed by atoms with E-state index >= 15 is 0 Å². The van der Waals surface area contributed by atoms with Crippen LogP contribution < -0.4 is 5.32 Å². The topological polar surface area (TPSA) is 83.5 Å². The SMILES string of the molecule is Cc1cc(NC(=O)CS(C)(=O)=O)c(C)cc1O. The van der Waals surface area contributed by atoms with E-state index in [1.807, 2.05) is 0 Å². The lowest BCUT2D eigenvalue weighted by Crippen LogP contribution is -2.22. The molecule has 2 N–H and O–H groups in total. The number of nitrogens with one attached hydrogen (secondary N) is 1. The molecule has 17 heavy (non-hydrogen) atoms. The molecule has 0 bridgehead atoms. The zero-order valence-electron chi connectivity index (χ0n) is 9.94. The van der Waals surface area contributed by atoms with Gasteiger partial charge in [-0.25, -0.2) is 8.42 Å². The van der Waals surface area contributed by atoms with Crippen LogP contribution in [0.3, 0.4) is 0 Å². The highest BCUT2D eigenvalue weighted by molar-refractivity contribution is 7.91. The molecular weight excluding hydrogens is 242 g/mol. The molecule has 94 valence electrons. The van der Waals surface area contributed by atoms with Crippen LogP contribution >= 0.6 is 0 Å². The Bertz CT molecular complexity index is 549. The second-order valence-corrected chi connectivity index (χ2v) is 6.21. The smallest absolute Gasteiger partial charge is 0.239 e. The first-order valence-corrected chi connectivity index (χ1v) is 7.03. The van der Waals surface area contributed by atoms with Gasteiger partial charge in [-0.05, 0) is 37.1 Å². The molecule has 0 atom stereocenters. The van der Waals surface area contributed by atoms with Gasteiger partial charge in [0.25, 0.3) is 0 Å². The van der Waals surface area contributed by atoms with E-state index in [0.29, 0.717) is 16.8 Å². The van der Waals surface area contributed by atoms with Gasteiger partial charge in [-0.2, -0.15) is 0 Å². The van der Waals surface area contributed by atoms with Crippen molar-refractivity contribution >= 4 is 21.4 Å². The highest BCUT2D eigenvalue weighted by Crippen LogP contribution is 2.24. The van der Waals surface area contributed by atoms with Gasteiger partial charge < -0.3 is 10.4 Å². The number of carbonyl (C=O) groups is 1. The molecule has 0 aromatic heterocycles. The molecule has 1 aromatic carbocycles. The Morgan fingerprint density at radius 2 is 1.88 bits per heavy atom. The van der Waals surface area contributed by atoms with Crippen molar-refractivity contribution in [1.82, 2.24) is 0 Å². The van der Waals surface area contributed by atoms with Crippen molar-refractivity contribution in [3.63, 3.8) is 0 Å². The lowest BCUT2D eigenvalue weighted by Gasteiger charge is -2.10. The molecule has 0 aliphatic rings. The van der Waals surface area contributed by atoms with Gasteiger partial charge in [-0.1, -0.05) is 0 Å². The molecule has 0 aliphatic carbocycles. The first kappa shape index (κ1) is 13.5. The lowest BCUT2D eigenvalue weighted by atomic mass is 10.1. The Labute approximate surface area is 100 Å². The Hall–Kier alpha value is -1.56. The van der Waals surface area contributed by atoms with Crippen LogP contribution in [0, 0.1) is 13.8 Å². The summed E-state index contributed by atoms with van der Waals surface area (Å²) < 4.78 is 21.9. The number of sulfone groups is 1. The van der Waals surface area contributed by atoms with Crippen molar-refractivity contribution in [3.05, 3.63) is 23.3 Å². The predicted octanol–water partition coefficient (Wildman–Crippen LogP) is 0.992. The number of amides is 1. The van der Waals surface area contributed by atoms with Crippen molar-refractivity contribution in [2.75, 3.05) is 17.3 Å². The number of benzene rings is 1. The highest BCUT2D eigenvalue weighted by Gasteiger charge is 2.12. The number of hydrogen-bond acceptors (Lipinski definition) is 4. The maximum atomic E-state index is 11.4. The van der Waals surface area contributed by atoms with Crippen molar-refractivity contribution < 1.29 is 18.3 Å². The Kier molecular flexibility index (Phi) is 3.77. The van der Waals surface area contributed by atoms with Gasteiger partial charge in [0.15, 0.2) is 9.84 Å². The van der Waals surface area contributed by atoms with Crippen molar-refractivity contribution in [1.29, 1.82) is 0 Å². The molecule has 0 saturated heterocycles. The highest BCUT2D eigenvalue weighted by atomic mass is 32.2. The molecule has 6 heteroatoms. The maximum absolute atomic E-state index is 11.4. The van der Waals surface area contributed by atoms with E-state index in [2.05, 4.69) is 5.32 Å². The average Bonchev–Trinajstić information content (AvgIpc) is 2.11. The largest absolute Gasteiger partial charge is 0.508 e. The summed E-state index contributed by atoms with van der Waals surface area (Å²) in [6.45, 7) is 3.41. The Morgan fingerprint density at radius 3 is 2.41 bits per heavy atom. The van der Waals surface area contributed by atoms with Gasteiger partial charge >= 0.3 is 0 Å². The van der Waals surface area contributed by atoms with E-state index in [0.717, 1.165) is 6.26 Å². The number of aromatic hydroxyl groups is 1. The summed E-state index contributed by atoms with van der Waals surface area (Å²) in [4.78, 5) is 11.4. The minimum atomic E-state index is -3.34.